The molecular formula is C16H23N2O2. The minimum atomic E-state index is 0.206. The van der Waals surface area contributed by atoms with Gasteiger partial charge < -0.3 is 9.47 Å². The molecule has 2 unspecified atom stereocenters. The molecule has 4 nitrogen and oxygen atoms in total. The van der Waals surface area contributed by atoms with Crippen molar-refractivity contribution in [2.75, 3.05) is 39.9 Å². The van der Waals surface area contributed by atoms with Crippen LogP contribution in [0, 0.1) is 6.61 Å². The first-order valence-corrected chi connectivity index (χ1v) is 7.36. The quantitative estimate of drug-likeness (QED) is 0.832. The maximum absolute atomic E-state index is 5.96. The molecule has 1 aromatic carbocycles. The van der Waals surface area contributed by atoms with E-state index in [-0.39, 0.29) is 12.1 Å². The van der Waals surface area contributed by atoms with Crippen LogP contribution in [0.15, 0.2) is 30.3 Å². The highest BCUT2D eigenvalue weighted by molar-refractivity contribution is 5.14. The molecule has 1 aromatic rings. The third-order valence-corrected chi connectivity index (χ3v) is 4.11. The fraction of sp³-hybridized carbons (Fsp3) is 0.562. The molecule has 20 heavy (non-hydrogen) atoms. The van der Waals surface area contributed by atoms with Gasteiger partial charge in [-0.05, 0) is 12.6 Å². The van der Waals surface area contributed by atoms with Crippen molar-refractivity contribution in [1.82, 2.24) is 9.80 Å². The molecule has 0 N–H and O–H groups in total. The predicted octanol–water partition coefficient (Wildman–Crippen LogP) is 1.38. The molecule has 2 aliphatic rings. The fourth-order valence-electron chi connectivity index (χ4n) is 2.91. The number of hydrogen-bond acceptors (Lipinski definition) is 4. The van der Waals surface area contributed by atoms with Gasteiger partial charge in [-0.15, -0.1) is 0 Å². The summed E-state index contributed by atoms with van der Waals surface area (Å²) in [7, 11) is 2.14. The Kier molecular flexibility index (Phi) is 4.68. The summed E-state index contributed by atoms with van der Waals surface area (Å²) in [6, 6.07) is 10.9. The molecule has 3 rings (SSSR count). The van der Waals surface area contributed by atoms with Gasteiger partial charge in [0.2, 0.25) is 0 Å². The first-order chi connectivity index (χ1) is 9.83. The molecule has 0 amide bonds. The lowest BCUT2D eigenvalue weighted by molar-refractivity contribution is -0.0895. The molecule has 0 bridgehead atoms. The third-order valence-electron chi connectivity index (χ3n) is 4.11. The second-order valence-electron chi connectivity index (χ2n) is 5.61. The van der Waals surface area contributed by atoms with Crippen molar-refractivity contribution in [3.05, 3.63) is 42.5 Å². The Labute approximate surface area is 121 Å². The van der Waals surface area contributed by atoms with Crippen LogP contribution in [-0.4, -0.2) is 61.8 Å². The number of benzene rings is 1. The average Bonchev–Trinajstić information content (AvgIpc) is 2.49. The molecule has 2 aliphatic heterocycles. The lowest BCUT2D eigenvalue weighted by atomic mass is 10.1. The van der Waals surface area contributed by atoms with Gasteiger partial charge in [0.25, 0.3) is 0 Å². The Morgan fingerprint density at radius 2 is 2.00 bits per heavy atom. The average molecular weight is 275 g/mol. The van der Waals surface area contributed by atoms with Crippen LogP contribution in [0.3, 0.4) is 0 Å². The molecule has 2 atom stereocenters. The van der Waals surface area contributed by atoms with Crippen LogP contribution in [0.25, 0.3) is 0 Å². The van der Waals surface area contributed by atoms with E-state index in [1.807, 2.05) is 6.61 Å². The van der Waals surface area contributed by atoms with E-state index in [4.69, 9.17) is 9.47 Å². The maximum atomic E-state index is 5.96. The first kappa shape index (κ1) is 14.0. The smallest absolute Gasteiger partial charge is 0.103 e. The topological polar surface area (TPSA) is 24.9 Å². The summed E-state index contributed by atoms with van der Waals surface area (Å²) in [4.78, 5) is 4.79. The van der Waals surface area contributed by atoms with E-state index in [0.29, 0.717) is 0 Å². The van der Waals surface area contributed by atoms with Crippen LogP contribution < -0.4 is 0 Å². The zero-order valence-corrected chi connectivity index (χ0v) is 12.1. The number of hydrogen-bond donors (Lipinski definition) is 0. The van der Waals surface area contributed by atoms with E-state index in [1.54, 1.807) is 0 Å². The summed E-state index contributed by atoms with van der Waals surface area (Å²) in [5.74, 6) is 0. The third kappa shape index (κ3) is 3.38. The molecular weight excluding hydrogens is 252 g/mol. The van der Waals surface area contributed by atoms with Crippen molar-refractivity contribution in [2.45, 2.75) is 18.7 Å². The maximum Gasteiger partial charge on any atom is 0.103 e. The van der Waals surface area contributed by atoms with Crippen LogP contribution in [0.2, 0.25) is 0 Å². The van der Waals surface area contributed by atoms with Crippen LogP contribution >= 0.6 is 0 Å². The van der Waals surface area contributed by atoms with Crippen LogP contribution in [0.1, 0.15) is 5.56 Å². The second-order valence-corrected chi connectivity index (χ2v) is 5.61. The first-order valence-electron chi connectivity index (χ1n) is 7.36. The highest BCUT2D eigenvalue weighted by atomic mass is 16.5. The van der Waals surface area contributed by atoms with Gasteiger partial charge in [0.05, 0.1) is 25.4 Å². The summed E-state index contributed by atoms with van der Waals surface area (Å²) >= 11 is 0. The fourth-order valence-corrected chi connectivity index (χ4v) is 2.91. The highest BCUT2D eigenvalue weighted by Gasteiger charge is 2.33. The Morgan fingerprint density at radius 3 is 2.80 bits per heavy atom. The van der Waals surface area contributed by atoms with Gasteiger partial charge in [0, 0.05) is 26.2 Å². The molecule has 0 aliphatic carbocycles. The molecule has 109 valence electrons. The minimum Gasteiger partial charge on any atom is -0.374 e. The van der Waals surface area contributed by atoms with Crippen molar-refractivity contribution in [2.24, 2.45) is 0 Å². The van der Waals surface area contributed by atoms with Crippen molar-refractivity contribution in [3.8, 4) is 0 Å². The van der Waals surface area contributed by atoms with Crippen molar-refractivity contribution < 1.29 is 9.47 Å². The van der Waals surface area contributed by atoms with Crippen molar-refractivity contribution >= 4 is 0 Å². The summed E-state index contributed by atoms with van der Waals surface area (Å²) in [5, 5.41) is 0. The SMILES string of the molecule is CN1CCO[CH]C1C1CN(Cc2ccccc2)CCO1. The largest absolute Gasteiger partial charge is 0.374 e. The number of rotatable bonds is 3. The van der Waals surface area contributed by atoms with E-state index >= 15 is 0 Å². The Morgan fingerprint density at radius 1 is 1.15 bits per heavy atom. The number of nitrogens with zero attached hydrogens (tertiary/aromatic N) is 2. The zero-order valence-electron chi connectivity index (χ0n) is 12.1. The Hall–Kier alpha value is -0.940. The highest BCUT2D eigenvalue weighted by Crippen LogP contribution is 2.19. The Bertz CT molecular complexity index is 412. The lowest BCUT2D eigenvalue weighted by Crippen LogP contribution is -2.55. The lowest BCUT2D eigenvalue weighted by Gasteiger charge is -2.42. The van der Waals surface area contributed by atoms with Gasteiger partial charge in [-0.25, -0.2) is 0 Å². The standard InChI is InChI=1S/C16H23N2O2/c1-17-7-9-19-13-15(17)16-12-18(8-10-20-16)11-14-5-3-2-4-6-14/h2-6,13,15-16H,7-12H2,1H3. The second kappa shape index (κ2) is 6.68. The van der Waals surface area contributed by atoms with E-state index in [9.17, 15) is 0 Å². The molecule has 1 radical (unpaired) electrons. The van der Waals surface area contributed by atoms with E-state index in [0.717, 1.165) is 39.4 Å². The van der Waals surface area contributed by atoms with Gasteiger partial charge in [0.1, 0.15) is 6.61 Å². The van der Waals surface area contributed by atoms with Gasteiger partial charge >= 0.3 is 0 Å². The number of ether oxygens (including phenoxy) is 2. The molecule has 0 spiro atoms. The van der Waals surface area contributed by atoms with Crippen molar-refractivity contribution in [3.63, 3.8) is 0 Å². The number of likely N-dealkylation sites (N-methyl/N-ethyl adjacent to an activating group) is 1. The van der Waals surface area contributed by atoms with Gasteiger partial charge in [-0.3, -0.25) is 9.80 Å². The van der Waals surface area contributed by atoms with E-state index in [1.165, 1.54) is 5.56 Å². The Balaban J connectivity index is 1.58. The number of morpholine rings is 2. The van der Waals surface area contributed by atoms with Gasteiger partial charge in [0.15, 0.2) is 0 Å². The van der Waals surface area contributed by atoms with E-state index < -0.39 is 0 Å². The monoisotopic (exact) mass is 275 g/mol. The molecule has 0 aromatic heterocycles. The molecule has 2 saturated heterocycles. The van der Waals surface area contributed by atoms with Crippen LogP contribution in [0.5, 0.6) is 0 Å². The van der Waals surface area contributed by atoms with Gasteiger partial charge in [-0.2, -0.15) is 0 Å². The van der Waals surface area contributed by atoms with E-state index in [2.05, 4.69) is 47.2 Å². The summed E-state index contributed by atoms with van der Waals surface area (Å²) in [6.07, 6.45) is 0.206. The molecule has 2 heterocycles. The molecule has 4 heteroatoms. The normalized spacial score (nSPS) is 29.4. The summed E-state index contributed by atoms with van der Waals surface area (Å²) < 4.78 is 11.5. The summed E-state index contributed by atoms with van der Waals surface area (Å²) in [6.45, 7) is 7.47. The van der Waals surface area contributed by atoms with Gasteiger partial charge in [-0.1, -0.05) is 30.3 Å². The zero-order chi connectivity index (χ0) is 13.8. The molecule has 2 fully saturated rings. The predicted molar refractivity (Wildman–Crippen MR) is 78.1 cm³/mol. The van der Waals surface area contributed by atoms with Crippen LogP contribution in [-0.2, 0) is 16.0 Å². The summed E-state index contributed by atoms with van der Waals surface area (Å²) in [5.41, 5.74) is 1.37. The molecule has 0 saturated carbocycles. The van der Waals surface area contributed by atoms with Crippen molar-refractivity contribution in [1.29, 1.82) is 0 Å². The minimum absolute atomic E-state index is 0.206. The van der Waals surface area contributed by atoms with Crippen LogP contribution in [0.4, 0.5) is 0 Å².